The van der Waals surface area contributed by atoms with Crippen molar-refractivity contribution in [1.82, 2.24) is 5.32 Å². The minimum absolute atomic E-state index is 0.0359. The number of nitrogens with zero attached hydrogens (tertiary/aromatic N) is 1. The molecule has 0 saturated carbocycles. The normalized spacial score (nSPS) is 16.6. The lowest BCUT2D eigenvalue weighted by Crippen LogP contribution is -2.36. The quantitative estimate of drug-likeness (QED) is 0.308. The van der Waals surface area contributed by atoms with E-state index in [2.05, 4.69) is 10.3 Å². The number of benzene rings is 2. The van der Waals surface area contributed by atoms with Crippen molar-refractivity contribution in [3.05, 3.63) is 64.2 Å². The minimum atomic E-state index is -4.54. The highest BCUT2D eigenvalue weighted by atomic mass is 19.4. The lowest BCUT2D eigenvalue weighted by Gasteiger charge is -2.29. The van der Waals surface area contributed by atoms with Crippen molar-refractivity contribution >= 4 is 23.4 Å². The number of aromatic hydroxyl groups is 1. The fourth-order valence-electron chi connectivity index (χ4n) is 4.74. The Labute approximate surface area is 236 Å². The van der Waals surface area contributed by atoms with Gasteiger partial charge in [-0.1, -0.05) is 23.8 Å². The number of aryl methyl sites for hydroxylation is 1. The third kappa shape index (κ3) is 8.63. The second kappa shape index (κ2) is 12.8. The smallest absolute Gasteiger partial charge is 0.397 e. The van der Waals surface area contributed by atoms with Gasteiger partial charge in [-0.3, -0.25) is 19.4 Å². The Morgan fingerprint density at radius 2 is 1.78 bits per heavy atom. The summed E-state index contributed by atoms with van der Waals surface area (Å²) in [7, 11) is 0. The van der Waals surface area contributed by atoms with Crippen molar-refractivity contribution in [2.45, 2.75) is 76.5 Å². The van der Waals surface area contributed by atoms with Crippen molar-refractivity contribution in [2.24, 2.45) is 4.99 Å². The number of phenolic OH excluding ortho intramolecular Hbond substituents is 1. The lowest BCUT2D eigenvalue weighted by atomic mass is 9.80. The average Bonchev–Trinajstić information content (AvgIpc) is 2.86. The average molecular weight is 577 g/mol. The van der Waals surface area contributed by atoms with Crippen LogP contribution in [0.5, 0.6) is 5.75 Å². The SMILES string of the molecule is Cc1cc([C@H](CC(=O)O)CC(=O)CNC(=O)c2cc(O)cc(CC3=NCC(O)CC3)c2)cc(C(C)(C)C(F)(F)F)c1. The number of phenols is 1. The third-order valence-corrected chi connectivity index (χ3v) is 7.28. The molecule has 1 unspecified atom stereocenters. The Morgan fingerprint density at radius 1 is 1.07 bits per heavy atom. The maximum absolute atomic E-state index is 13.7. The van der Waals surface area contributed by atoms with Crippen LogP contribution in [0.15, 0.2) is 41.4 Å². The Hall–Kier alpha value is -3.73. The number of nitrogens with one attached hydrogen (secondary N) is 1. The van der Waals surface area contributed by atoms with Crippen LogP contribution in [0.1, 0.15) is 78.1 Å². The molecule has 0 saturated heterocycles. The topological polar surface area (TPSA) is 136 Å². The number of hydrogen-bond donors (Lipinski definition) is 4. The van der Waals surface area contributed by atoms with E-state index in [1.54, 1.807) is 19.1 Å². The van der Waals surface area contributed by atoms with Gasteiger partial charge in [0.1, 0.15) is 5.75 Å². The molecule has 0 radical (unpaired) electrons. The van der Waals surface area contributed by atoms with E-state index < -0.39 is 54.2 Å². The van der Waals surface area contributed by atoms with Gasteiger partial charge in [0.05, 0.1) is 31.0 Å². The van der Waals surface area contributed by atoms with Gasteiger partial charge in [0.25, 0.3) is 5.91 Å². The molecule has 1 amide bonds. The van der Waals surface area contributed by atoms with Gasteiger partial charge in [0, 0.05) is 30.0 Å². The second-order valence-electron chi connectivity index (χ2n) is 11.1. The van der Waals surface area contributed by atoms with Crippen molar-refractivity contribution in [3.8, 4) is 5.75 Å². The molecule has 0 spiro atoms. The van der Waals surface area contributed by atoms with Crippen LogP contribution in [0.2, 0.25) is 0 Å². The predicted molar refractivity (Wildman–Crippen MR) is 147 cm³/mol. The number of aliphatic imine (C=N–C) groups is 1. The van der Waals surface area contributed by atoms with Crippen LogP contribution in [0.3, 0.4) is 0 Å². The Bertz CT molecular complexity index is 1340. The molecule has 0 aromatic heterocycles. The monoisotopic (exact) mass is 576 g/mol. The largest absolute Gasteiger partial charge is 0.508 e. The maximum atomic E-state index is 13.7. The molecule has 2 aromatic rings. The summed E-state index contributed by atoms with van der Waals surface area (Å²) >= 11 is 0. The molecule has 0 bridgehead atoms. The zero-order valence-corrected chi connectivity index (χ0v) is 23.2. The van der Waals surface area contributed by atoms with E-state index in [1.165, 1.54) is 24.3 Å². The number of rotatable bonds is 11. The lowest BCUT2D eigenvalue weighted by molar-refractivity contribution is -0.180. The molecule has 0 fully saturated rings. The number of hydrogen-bond acceptors (Lipinski definition) is 6. The van der Waals surface area contributed by atoms with Gasteiger partial charge >= 0.3 is 12.1 Å². The number of Topliss-reactive ketones (excluding diaryl/α,β-unsaturated/α-hetero) is 1. The molecule has 3 rings (SSSR count). The number of aliphatic hydroxyl groups is 1. The number of ketones is 1. The number of aliphatic carboxylic acids is 1. The van der Waals surface area contributed by atoms with Gasteiger partial charge in [0.15, 0.2) is 5.78 Å². The molecule has 222 valence electrons. The fourth-order valence-corrected chi connectivity index (χ4v) is 4.74. The van der Waals surface area contributed by atoms with Crippen molar-refractivity contribution < 1.29 is 42.9 Å². The first-order chi connectivity index (χ1) is 19.0. The zero-order valence-electron chi connectivity index (χ0n) is 23.2. The minimum Gasteiger partial charge on any atom is -0.508 e. The summed E-state index contributed by atoms with van der Waals surface area (Å²) in [5, 5.41) is 31.6. The van der Waals surface area contributed by atoms with Crippen LogP contribution in [0, 0.1) is 6.92 Å². The second-order valence-corrected chi connectivity index (χ2v) is 11.1. The van der Waals surface area contributed by atoms with Crippen LogP contribution in [-0.2, 0) is 21.4 Å². The fraction of sp³-hybridized carbons (Fsp3) is 0.467. The number of carbonyl (C=O) groups is 3. The molecular weight excluding hydrogens is 541 g/mol. The molecule has 2 atom stereocenters. The Kier molecular flexibility index (Phi) is 9.96. The summed E-state index contributed by atoms with van der Waals surface area (Å²) in [6.07, 6.45) is -4.23. The molecule has 2 aromatic carbocycles. The molecule has 1 aliphatic heterocycles. The first-order valence-corrected chi connectivity index (χ1v) is 13.3. The van der Waals surface area contributed by atoms with E-state index in [-0.39, 0.29) is 23.3 Å². The van der Waals surface area contributed by atoms with Gasteiger partial charge < -0.3 is 20.6 Å². The first-order valence-electron chi connectivity index (χ1n) is 13.3. The van der Waals surface area contributed by atoms with E-state index in [4.69, 9.17) is 0 Å². The van der Waals surface area contributed by atoms with Crippen molar-refractivity contribution in [3.63, 3.8) is 0 Å². The Balaban J connectivity index is 1.71. The number of halogens is 3. The van der Waals surface area contributed by atoms with E-state index in [0.29, 0.717) is 42.5 Å². The summed E-state index contributed by atoms with van der Waals surface area (Å²) in [5.41, 5.74) is 0.163. The predicted octanol–water partition coefficient (Wildman–Crippen LogP) is 4.63. The van der Waals surface area contributed by atoms with Gasteiger partial charge in [-0.05, 0) is 68.5 Å². The van der Waals surface area contributed by atoms with Crippen LogP contribution < -0.4 is 5.32 Å². The van der Waals surface area contributed by atoms with Crippen LogP contribution in [0.25, 0.3) is 0 Å². The summed E-state index contributed by atoms with van der Waals surface area (Å²) < 4.78 is 41.0. The maximum Gasteiger partial charge on any atom is 0.397 e. The molecule has 41 heavy (non-hydrogen) atoms. The molecular formula is C30H35F3N2O6. The number of alkyl halides is 3. The number of carboxylic acids is 1. The van der Waals surface area contributed by atoms with E-state index in [1.807, 2.05) is 0 Å². The van der Waals surface area contributed by atoms with Gasteiger partial charge in [-0.2, -0.15) is 13.2 Å². The number of carboxylic acid groups (broad SMARTS) is 1. The highest BCUT2D eigenvalue weighted by Crippen LogP contribution is 2.42. The summed E-state index contributed by atoms with van der Waals surface area (Å²) in [6, 6.07) is 8.58. The molecule has 0 aliphatic carbocycles. The highest BCUT2D eigenvalue weighted by Gasteiger charge is 2.48. The standard InChI is InChI=1S/C30H35F3N2O6/c1-17-6-19(11-22(7-17)29(2,3)30(31,32)33)20(14-27(39)40)12-26(38)16-35-28(41)21-8-18(10-25(37)13-21)9-23-4-5-24(36)15-34-23/h6-8,10-11,13,20,24,36-37H,4-5,9,12,14-16H2,1-3H3,(H,35,41)(H,39,40)/t20-,24?/m0/s1. The van der Waals surface area contributed by atoms with E-state index in [0.717, 1.165) is 19.6 Å². The number of aliphatic hydroxyl groups excluding tert-OH is 1. The molecule has 11 heteroatoms. The molecule has 1 heterocycles. The highest BCUT2D eigenvalue weighted by molar-refractivity contribution is 5.98. The number of amides is 1. The van der Waals surface area contributed by atoms with Crippen LogP contribution in [0.4, 0.5) is 13.2 Å². The van der Waals surface area contributed by atoms with Crippen LogP contribution >= 0.6 is 0 Å². The summed E-state index contributed by atoms with van der Waals surface area (Å²) in [4.78, 5) is 41.5. The van der Waals surface area contributed by atoms with Gasteiger partial charge in [-0.15, -0.1) is 0 Å². The Morgan fingerprint density at radius 3 is 2.39 bits per heavy atom. The van der Waals surface area contributed by atoms with Crippen molar-refractivity contribution in [2.75, 3.05) is 13.1 Å². The first kappa shape index (κ1) is 31.8. The molecule has 4 N–H and O–H groups in total. The third-order valence-electron chi connectivity index (χ3n) is 7.28. The summed E-state index contributed by atoms with van der Waals surface area (Å²) in [5.74, 6) is -3.39. The van der Waals surface area contributed by atoms with Crippen molar-refractivity contribution in [1.29, 1.82) is 0 Å². The van der Waals surface area contributed by atoms with Crippen LogP contribution in [-0.4, -0.2) is 64.1 Å². The van der Waals surface area contributed by atoms with E-state index in [9.17, 15) is 42.9 Å². The van der Waals surface area contributed by atoms with Gasteiger partial charge in [0.2, 0.25) is 0 Å². The summed E-state index contributed by atoms with van der Waals surface area (Å²) in [6.45, 7) is 3.55. The molecule has 8 nitrogen and oxygen atoms in total. The number of carbonyl (C=O) groups excluding carboxylic acids is 2. The zero-order chi connectivity index (χ0) is 30.5. The molecule has 1 aliphatic rings. The van der Waals surface area contributed by atoms with Gasteiger partial charge in [-0.25, -0.2) is 0 Å². The van der Waals surface area contributed by atoms with E-state index >= 15 is 0 Å².